The first-order valence-electron chi connectivity index (χ1n) is 11.1. The predicted molar refractivity (Wildman–Crippen MR) is 126 cm³/mol. The number of aliphatic hydroxyl groups excluding tert-OH is 1. The molecule has 2 unspecified atom stereocenters. The van der Waals surface area contributed by atoms with E-state index in [-0.39, 0.29) is 18.9 Å². The first-order chi connectivity index (χ1) is 16.2. The second-order valence-corrected chi connectivity index (χ2v) is 8.90. The lowest BCUT2D eigenvalue weighted by Gasteiger charge is -2.27. The van der Waals surface area contributed by atoms with Gasteiger partial charge in [-0.05, 0) is 56.2 Å². The number of carboxylic acids is 1. The number of hydrogen-bond donors (Lipinski definition) is 4. The van der Waals surface area contributed by atoms with Gasteiger partial charge in [0.25, 0.3) is 0 Å². The number of hydrogen-bond acceptors (Lipinski definition) is 6. The molecule has 2 aromatic carbocycles. The van der Waals surface area contributed by atoms with Gasteiger partial charge >= 0.3 is 12.1 Å². The zero-order chi connectivity index (χ0) is 24.9. The van der Waals surface area contributed by atoms with Gasteiger partial charge in [-0.2, -0.15) is 0 Å². The second-order valence-electron chi connectivity index (χ2n) is 8.90. The lowest BCUT2D eigenvalue weighted by Crippen LogP contribution is -2.60. The minimum absolute atomic E-state index is 0.0887. The number of aliphatic carboxylic acids is 1. The standard InChI is InChI=1S/C25H31N3O6/c1-25(15-29,23(31)32)27-22(30)21(12-13-28(2)3)26-24(33)34-14-20-18-10-6-4-8-16(18)17-9-5-7-11-19(17)20/h4-11,20-21,29H,12-15H2,1-3H3,(H,26,33)(H,27,30)(H,31,32). The molecule has 2 atom stereocenters. The van der Waals surface area contributed by atoms with E-state index in [9.17, 15) is 24.6 Å². The quantitative estimate of drug-likeness (QED) is 0.418. The maximum Gasteiger partial charge on any atom is 0.407 e. The highest BCUT2D eigenvalue weighted by atomic mass is 16.5. The van der Waals surface area contributed by atoms with Crippen molar-refractivity contribution in [1.82, 2.24) is 15.5 Å². The van der Waals surface area contributed by atoms with Crippen LogP contribution in [0, 0.1) is 0 Å². The Hall–Kier alpha value is -3.43. The van der Waals surface area contributed by atoms with Crippen LogP contribution < -0.4 is 10.6 Å². The number of rotatable bonds is 10. The summed E-state index contributed by atoms with van der Waals surface area (Å²) in [6, 6.07) is 14.9. The number of nitrogens with zero attached hydrogens (tertiary/aromatic N) is 1. The van der Waals surface area contributed by atoms with Crippen LogP contribution in [0.3, 0.4) is 0 Å². The number of carboxylic acid groups (broad SMARTS) is 1. The number of nitrogens with one attached hydrogen (secondary N) is 2. The van der Waals surface area contributed by atoms with Crippen LogP contribution in [0.2, 0.25) is 0 Å². The summed E-state index contributed by atoms with van der Waals surface area (Å²) in [4.78, 5) is 38.7. The van der Waals surface area contributed by atoms with Crippen LogP contribution in [-0.2, 0) is 14.3 Å². The molecule has 0 radical (unpaired) electrons. The van der Waals surface area contributed by atoms with Gasteiger partial charge in [0.2, 0.25) is 5.91 Å². The van der Waals surface area contributed by atoms with E-state index in [2.05, 4.69) is 10.6 Å². The molecule has 0 heterocycles. The average molecular weight is 470 g/mol. The van der Waals surface area contributed by atoms with E-state index in [0.29, 0.717) is 6.54 Å². The topological polar surface area (TPSA) is 128 Å². The molecule has 34 heavy (non-hydrogen) atoms. The molecule has 0 fully saturated rings. The molecule has 0 aliphatic heterocycles. The zero-order valence-electron chi connectivity index (χ0n) is 19.6. The van der Waals surface area contributed by atoms with Crippen molar-refractivity contribution in [3.8, 4) is 11.1 Å². The van der Waals surface area contributed by atoms with Crippen LogP contribution in [0.1, 0.15) is 30.4 Å². The highest BCUT2D eigenvalue weighted by molar-refractivity contribution is 5.91. The van der Waals surface area contributed by atoms with Gasteiger partial charge in [0.15, 0.2) is 5.54 Å². The normalized spacial score (nSPS) is 15.1. The molecule has 0 saturated heterocycles. The third-order valence-electron chi connectivity index (χ3n) is 6.00. The van der Waals surface area contributed by atoms with Crippen LogP contribution >= 0.6 is 0 Å². The molecule has 2 aromatic rings. The number of fused-ring (bicyclic) bond motifs is 3. The van der Waals surface area contributed by atoms with Crippen molar-refractivity contribution in [1.29, 1.82) is 0 Å². The van der Waals surface area contributed by atoms with E-state index in [1.807, 2.05) is 67.5 Å². The van der Waals surface area contributed by atoms with E-state index < -0.39 is 36.2 Å². The summed E-state index contributed by atoms with van der Waals surface area (Å²) in [5.41, 5.74) is 2.48. The fraction of sp³-hybridized carbons (Fsp3) is 0.400. The minimum Gasteiger partial charge on any atom is -0.479 e. The van der Waals surface area contributed by atoms with Crippen LogP contribution in [0.25, 0.3) is 11.1 Å². The maximum absolute atomic E-state index is 12.8. The molecule has 9 heteroatoms. The summed E-state index contributed by atoms with van der Waals surface area (Å²) in [6.07, 6.45) is -0.550. The summed E-state index contributed by atoms with van der Waals surface area (Å²) < 4.78 is 5.52. The van der Waals surface area contributed by atoms with Gasteiger partial charge < -0.3 is 30.5 Å². The third kappa shape index (κ3) is 5.55. The molecule has 0 saturated carbocycles. The predicted octanol–water partition coefficient (Wildman–Crippen LogP) is 1.80. The fourth-order valence-electron chi connectivity index (χ4n) is 3.96. The number of carbonyl (C=O) groups excluding carboxylic acids is 2. The first kappa shape index (κ1) is 25.2. The van der Waals surface area contributed by atoms with Crippen LogP contribution in [-0.4, -0.2) is 78.5 Å². The Morgan fingerprint density at radius 2 is 1.62 bits per heavy atom. The van der Waals surface area contributed by atoms with Crippen molar-refractivity contribution in [2.45, 2.75) is 30.8 Å². The summed E-state index contributed by atoms with van der Waals surface area (Å²) in [5.74, 6) is -2.22. The molecule has 182 valence electrons. The van der Waals surface area contributed by atoms with Crippen molar-refractivity contribution in [2.75, 3.05) is 33.9 Å². The molecule has 1 aliphatic rings. The van der Waals surface area contributed by atoms with Gasteiger partial charge in [-0.15, -0.1) is 0 Å². The van der Waals surface area contributed by atoms with Crippen LogP contribution in [0.5, 0.6) is 0 Å². The Morgan fingerprint density at radius 1 is 1.06 bits per heavy atom. The highest BCUT2D eigenvalue weighted by Crippen LogP contribution is 2.44. The van der Waals surface area contributed by atoms with Crippen molar-refractivity contribution < 1.29 is 29.3 Å². The molecule has 9 nitrogen and oxygen atoms in total. The van der Waals surface area contributed by atoms with Crippen LogP contribution in [0.4, 0.5) is 4.79 Å². The number of benzene rings is 2. The SMILES string of the molecule is CN(C)CCC(NC(=O)OCC1c2ccccc2-c2ccccc21)C(=O)NC(C)(CO)C(=O)O. The van der Waals surface area contributed by atoms with E-state index in [4.69, 9.17) is 4.74 Å². The van der Waals surface area contributed by atoms with Crippen molar-refractivity contribution >= 4 is 18.0 Å². The summed E-state index contributed by atoms with van der Waals surface area (Å²) in [6.45, 7) is 0.957. The van der Waals surface area contributed by atoms with E-state index in [0.717, 1.165) is 22.3 Å². The molecular formula is C25H31N3O6. The first-order valence-corrected chi connectivity index (χ1v) is 11.1. The Bertz CT molecular complexity index is 1010. The minimum atomic E-state index is -1.86. The number of ether oxygens (including phenoxy) is 1. The van der Waals surface area contributed by atoms with E-state index >= 15 is 0 Å². The summed E-state index contributed by atoms with van der Waals surface area (Å²) in [5, 5.41) is 23.6. The lowest BCUT2D eigenvalue weighted by atomic mass is 9.98. The monoisotopic (exact) mass is 469 g/mol. The van der Waals surface area contributed by atoms with Gasteiger partial charge in [0, 0.05) is 5.92 Å². The molecule has 0 bridgehead atoms. The largest absolute Gasteiger partial charge is 0.479 e. The zero-order valence-corrected chi connectivity index (χ0v) is 19.6. The van der Waals surface area contributed by atoms with E-state index in [1.165, 1.54) is 6.92 Å². The fourth-order valence-corrected chi connectivity index (χ4v) is 3.96. The third-order valence-corrected chi connectivity index (χ3v) is 6.00. The smallest absolute Gasteiger partial charge is 0.407 e. The molecule has 2 amide bonds. The Morgan fingerprint density at radius 3 is 2.12 bits per heavy atom. The van der Waals surface area contributed by atoms with Gasteiger partial charge in [0.05, 0.1) is 6.61 Å². The molecular weight excluding hydrogens is 438 g/mol. The van der Waals surface area contributed by atoms with Crippen molar-refractivity contribution in [3.05, 3.63) is 59.7 Å². The van der Waals surface area contributed by atoms with Gasteiger partial charge in [-0.1, -0.05) is 48.5 Å². The molecule has 1 aliphatic carbocycles. The van der Waals surface area contributed by atoms with Crippen LogP contribution in [0.15, 0.2) is 48.5 Å². The van der Waals surface area contributed by atoms with Gasteiger partial charge in [0.1, 0.15) is 12.6 Å². The molecule has 0 spiro atoms. The Labute approximate surface area is 198 Å². The molecule has 3 rings (SSSR count). The van der Waals surface area contributed by atoms with E-state index in [1.54, 1.807) is 0 Å². The maximum atomic E-state index is 12.8. The van der Waals surface area contributed by atoms with Gasteiger partial charge in [-0.25, -0.2) is 9.59 Å². The number of amides is 2. The average Bonchev–Trinajstić information content (AvgIpc) is 3.13. The summed E-state index contributed by atoms with van der Waals surface area (Å²) >= 11 is 0. The molecule has 4 N–H and O–H groups in total. The molecule has 0 aromatic heterocycles. The Balaban J connectivity index is 1.69. The Kier molecular flexibility index (Phi) is 7.90. The lowest BCUT2D eigenvalue weighted by molar-refractivity contribution is -0.149. The van der Waals surface area contributed by atoms with Gasteiger partial charge in [-0.3, -0.25) is 4.79 Å². The summed E-state index contributed by atoms with van der Waals surface area (Å²) in [7, 11) is 3.63. The number of carbonyl (C=O) groups is 3. The van der Waals surface area contributed by atoms with Crippen molar-refractivity contribution in [2.24, 2.45) is 0 Å². The van der Waals surface area contributed by atoms with Crippen molar-refractivity contribution in [3.63, 3.8) is 0 Å². The number of alkyl carbamates (subject to hydrolysis) is 1. The number of aliphatic hydroxyl groups is 1. The second kappa shape index (κ2) is 10.7. The highest BCUT2D eigenvalue weighted by Gasteiger charge is 2.37.